The van der Waals surface area contributed by atoms with Crippen molar-refractivity contribution in [1.29, 1.82) is 0 Å². The molecule has 1 aliphatic carbocycles. The van der Waals surface area contributed by atoms with E-state index in [9.17, 15) is 0 Å². The van der Waals surface area contributed by atoms with E-state index in [0.717, 1.165) is 86.7 Å². The summed E-state index contributed by atoms with van der Waals surface area (Å²) in [4.78, 5) is 15.8. The van der Waals surface area contributed by atoms with Gasteiger partial charge >= 0.3 is 0 Å². The van der Waals surface area contributed by atoms with E-state index >= 15 is 0 Å². The lowest BCUT2D eigenvalue weighted by atomic mass is 9.71. The summed E-state index contributed by atoms with van der Waals surface area (Å²) < 4.78 is 0. The minimum absolute atomic E-state index is 0.0736. The first kappa shape index (κ1) is 44.6. The van der Waals surface area contributed by atoms with Crippen LogP contribution in [0, 0.1) is 0 Å². The molecule has 0 saturated heterocycles. The summed E-state index contributed by atoms with van der Waals surface area (Å²) in [6.07, 6.45) is 9.88. The molecular formula is C65H56N4. The largest absolute Gasteiger partial charge is 0.398 e. The minimum Gasteiger partial charge on any atom is -0.398 e. The van der Waals surface area contributed by atoms with E-state index in [2.05, 4.69) is 238 Å². The number of benzene rings is 8. The monoisotopic (exact) mass is 892 g/mol. The van der Waals surface area contributed by atoms with Gasteiger partial charge in [-0.25, -0.2) is 9.97 Å². The van der Waals surface area contributed by atoms with Crippen LogP contribution in [-0.4, -0.2) is 15.7 Å². The van der Waals surface area contributed by atoms with Gasteiger partial charge in [0.25, 0.3) is 0 Å². The minimum atomic E-state index is -0.473. The Kier molecular flexibility index (Phi) is 13.2. The van der Waals surface area contributed by atoms with E-state index in [1.165, 1.54) is 22.3 Å². The van der Waals surface area contributed by atoms with E-state index < -0.39 is 5.41 Å². The molecule has 336 valence electrons. The first-order valence-electron chi connectivity index (χ1n) is 24.1. The molecular weight excluding hydrogens is 837 g/mol. The zero-order valence-electron chi connectivity index (χ0n) is 39.3. The van der Waals surface area contributed by atoms with Crippen LogP contribution in [0.5, 0.6) is 0 Å². The molecule has 3 atom stereocenters. The van der Waals surface area contributed by atoms with E-state index in [-0.39, 0.29) is 12.0 Å². The lowest BCUT2D eigenvalue weighted by Gasteiger charge is -2.32. The molecule has 69 heavy (non-hydrogen) atoms. The van der Waals surface area contributed by atoms with Gasteiger partial charge in [0.1, 0.15) is 5.82 Å². The van der Waals surface area contributed by atoms with Crippen LogP contribution in [0.3, 0.4) is 0 Å². The van der Waals surface area contributed by atoms with Crippen molar-refractivity contribution in [3.8, 4) is 44.8 Å². The maximum Gasteiger partial charge on any atom is 0.136 e. The Morgan fingerprint density at radius 1 is 0.536 bits per heavy atom. The Morgan fingerprint density at radius 2 is 1.06 bits per heavy atom. The molecule has 4 heteroatoms. The average molecular weight is 893 g/mol. The molecule has 10 rings (SSSR count). The van der Waals surface area contributed by atoms with E-state index in [1.54, 1.807) is 0 Å². The van der Waals surface area contributed by atoms with Gasteiger partial charge in [0.15, 0.2) is 0 Å². The van der Waals surface area contributed by atoms with Crippen LogP contribution in [0.15, 0.2) is 248 Å². The summed E-state index contributed by atoms with van der Waals surface area (Å²) >= 11 is 0. The zero-order chi connectivity index (χ0) is 47.0. The number of rotatable bonds is 13. The lowest BCUT2D eigenvalue weighted by Crippen LogP contribution is -2.25. The molecule has 0 radical (unpaired) electrons. The fourth-order valence-electron chi connectivity index (χ4n) is 9.61. The van der Waals surface area contributed by atoms with Crippen molar-refractivity contribution >= 4 is 11.4 Å². The van der Waals surface area contributed by atoms with Crippen LogP contribution in [-0.2, 0) is 5.41 Å². The number of aromatic nitrogens is 2. The number of hydrogen-bond donors (Lipinski definition) is 1. The van der Waals surface area contributed by atoms with Crippen molar-refractivity contribution in [2.45, 2.75) is 50.5 Å². The van der Waals surface area contributed by atoms with Gasteiger partial charge in [-0.15, -0.1) is 0 Å². The number of nitrogens with two attached hydrogens (primary N) is 1. The van der Waals surface area contributed by atoms with Gasteiger partial charge in [0.2, 0.25) is 0 Å². The quantitative estimate of drug-likeness (QED) is 0.0712. The Morgan fingerprint density at radius 3 is 1.68 bits per heavy atom. The Labute approximate surface area is 407 Å². The van der Waals surface area contributed by atoms with Crippen LogP contribution in [0.1, 0.15) is 84.3 Å². The second kappa shape index (κ2) is 20.3. The van der Waals surface area contributed by atoms with Crippen molar-refractivity contribution in [1.82, 2.24) is 9.97 Å². The highest BCUT2D eigenvalue weighted by Gasteiger charge is 2.31. The standard InChI is InChI=1S/C65H56N4/c1-46(47-20-8-3-9-21-47)67-61(55-30-18-28-53(42-55)48-22-10-4-11-23-48)44-60(66)50-34-38-58(39-35-50)65(2,57-32-16-7-17-33-57)59-40-36-51(37-41-59)62-45-63(69-64(68-62)52-26-14-6-15-27-52)56-31-19-29-54(43-56)49-24-12-5-13-25-49/h3-5,7-14,16-26,28-46,52H,6,15,27,66H2,1-2H3/b60-44-,67-61?. The molecule has 1 aromatic heterocycles. The highest BCUT2D eigenvalue weighted by molar-refractivity contribution is 6.12. The van der Waals surface area contributed by atoms with Crippen LogP contribution < -0.4 is 5.73 Å². The Hall–Kier alpha value is -8.21. The number of allylic oxidation sites excluding steroid dienone is 3. The fraction of sp³-hybridized carbons (Fsp3) is 0.123. The summed E-state index contributed by atoms with van der Waals surface area (Å²) in [6.45, 7) is 4.45. The summed E-state index contributed by atoms with van der Waals surface area (Å²) in [5.41, 5.74) is 23.3. The Bertz CT molecular complexity index is 3250. The van der Waals surface area contributed by atoms with Crippen molar-refractivity contribution in [2.24, 2.45) is 10.7 Å². The molecule has 0 amide bonds. The topological polar surface area (TPSA) is 64.2 Å². The van der Waals surface area contributed by atoms with E-state index in [4.69, 9.17) is 20.7 Å². The summed E-state index contributed by atoms with van der Waals surface area (Å²) in [5.74, 6) is 1.06. The summed E-state index contributed by atoms with van der Waals surface area (Å²) in [5, 5.41) is 0. The highest BCUT2D eigenvalue weighted by atomic mass is 14.9. The van der Waals surface area contributed by atoms with E-state index in [0.29, 0.717) is 5.70 Å². The van der Waals surface area contributed by atoms with Gasteiger partial charge in [-0.05, 0) is 107 Å². The van der Waals surface area contributed by atoms with Gasteiger partial charge < -0.3 is 5.73 Å². The number of hydrogen-bond acceptors (Lipinski definition) is 4. The third-order valence-electron chi connectivity index (χ3n) is 13.7. The predicted molar refractivity (Wildman–Crippen MR) is 288 cm³/mol. The molecule has 2 N–H and O–H groups in total. The second-order valence-electron chi connectivity index (χ2n) is 18.2. The van der Waals surface area contributed by atoms with Crippen LogP contribution >= 0.6 is 0 Å². The molecule has 9 aromatic rings. The molecule has 0 bridgehead atoms. The molecule has 0 fully saturated rings. The summed E-state index contributed by atoms with van der Waals surface area (Å²) in [7, 11) is 0. The maximum absolute atomic E-state index is 7.06. The first-order valence-corrected chi connectivity index (χ1v) is 24.1. The van der Waals surface area contributed by atoms with Crippen LogP contribution in [0.25, 0.3) is 50.5 Å². The smallest absolute Gasteiger partial charge is 0.136 e. The molecule has 3 unspecified atom stereocenters. The van der Waals surface area contributed by atoms with Gasteiger partial charge in [0, 0.05) is 33.7 Å². The normalized spacial score (nSPS) is 15.3. The highest BCUT2D eigenvalue weighted by Crippen LogP contribution is 2.40. The molecule has 8 aromatic carbocycles. The summed E-state index contributed by atoms with van der Waals surface area (Å²) in [6, 6.07) is 79.2. The number of nitrogens with zero attached hydrogens (tertiary/aromatic N) is 3. The fourth-order valence-corrected chi connectivity index (χ4v) is 9.61. The first-order chi connectivity index (χ1) is 33.9. The third kappa shape index (κ3) is 9.93. The molecule has 0 spiro atoms. The molecule has 1 aliphatic rings. The molecule has 1 heterocycles. The maximum atomic E-state index is 7.06. The average Bonchev–Trinajstić information content (AvgIpc) is 3.44. The predicted octanol–water partition coefficient (Wildman–Crippen LogP) is 15.9. The van der Waals surface area contributed by atoms with Gasteiger partial charge in [-0.2, -0.15) is 0 Å². The van der Waals surface area contributed by atoms with Gasteiger partial charge in [-0.1, -0.05) is 218 Å². The molecule has 0 aliphatic heterocycles. The van der Waals surface area contributed by atoms with E-state index in [1.807, 2.05) is 18.2 Å². The molecule has 0 saturated carbocycles. The Balaban J connectivity index is 0.991. The second-order valence-corrected chi connectivity index (χ2v) is 18.2. The lowest BCUT2D eigenvalue weighted by molar-refractivity contribution is 0.626. The van der Waals surface area contributed by atoms with Gasteiger partial charge in [0.05, 0.1) is 23.1 Å². The van der Waals surface area contributed by atoms with Crippen molar-refractivity contribution in [3.05, 3.63) is 282 Å². The SMILES string of the molecule is CC(N=C(/C=C(\N)c1ccc(C(C)(c2ccccc2)c2ccc(-c3cc(-c4cccc(-c5ccccc5)c4)nc(C4C=CCCC4)n3)cc2)cc1)c1cccc(-c2ccccc2)c1)c1ccccc1. The van der Waals surface area contributed by atoms with Crippen LogP contribution in [0.2, 0.25) is 0 Å². The number of aliphatic imine (C=N–C) groups is 1. The van der Waals surface area contributed by atoms with Crippen LogP contribution in [0.4, 0.5) is 0 Å². The van der Waals surface area contributed by atoms with Gasteiger partial charge in [-0.3, -0.25) is 4.99 Å². The third-order valence-corrected chi connectivity index (χ3v) is 13.7. The van der Waals surface area contributed by atoms with Crippen molar-refractivity contribution < 1.29 is 0 Å². The molecule has 4 nitrogen and oxygen atoms in total. The van der Waals surface area contributed by atoms with Crippen molar-refractivity contribution in [2.75, 3.05) is 0 Å². The van der Waals surface area contributed by atoms with Crippen molar-refractivity contribution in [3.63, 3.8) is 0 Å². The zero-order valence-corrected chi connectivity index (χ0v) is 39.3.